The zero-order valence-corrected chi connectivity index (χ0v) is 14.4. The standard InChI is InChI=1S/C18H26N4O2/c1-13(2)11-21-9-7-14(8-10-21)19-17(23)12-22-16-6-4-3-5-15(16)20-18(22)24/h3-6,13-14H,7-12H2,1-2H3,(H,19,23)(H,20,24). The number of benzene rings is 1. The molecule has 1 aliphatic heterocycles. The Bertz CT molecular complexity index is 754. The number of H-pyrrole nitrogens is 1. The predicted octanol–water partition coefficient (Wildman–Crippen LogP) is 1.57. The molecule has 6 heteroatoms. The fourth-order valence-electron chi connectivity index (χ4n) is 3.46. The molecule has 6 nitrogen and oxygen atoms in total. The van der Waals surface area contributed by atoms with E-state index >= 15 is 0 Å². The molecule has 1 fully saturated rings. The number of para-hydroxylation sites is 2. The monoisotopic (exact) mass is 330 g/mol. The van der Waals surface area contributed by atoms with Crippen LogP contribution < -0.4 is 11.0 Å². The highest BCUT2D eigenvalue weighted by Crippen LogP contribution is 2.13. The van der Waals surface area contributed by atoms with Crippen molar-refractivity contribution in [2.75, 3.05) is 19.6 Å². The topological polar surface area (TPSA) is 70.1 Å². The number of hydrogen-bond donors (Lipinski definition) is 2. The number of carbonyl (C=O) groups excluding carboxylic acids is 1. The van der Waals surface area contributed by atoms with Crippen LogP contribution in [0.25, 0.3) is 11.0 Å². The first kappa shape index (κ1) is 16.8. The molecule has 1 aromatic carbocycles. The highest BCUT2D eigenvalue weighted by atomic mass is 16.2. The van der Waals surface area contributed by atoms with Crippen LogP contribution in [0.4, 0.5) is 0 Å². The minimum atomic E-state index is -0.238. The van der Waals surface area contributed by atoms with Crippen LogP contribution in [0.3, 0.4) is 0 Å². The van der Waals surface area contributed by atoms with E-state index in [1.54, 1.807) is 0 Å². The Labute approximate surface area is 141 Å². The summed E-state index contributed by atoms with van der Waals surface area (Å²) in [5, 5.41) is 3.08. The molecule has 24 heavy (non-hydrogen) atoms. The second-order valence-corrected chi connectivity index (χ2v) is 7.07. The van der Waals surface area contributed by atoms with Gasteiger partial charge < -0.3 is 15.2 Å². The van der Waals surface area contributed by atoms with Crippen LogP contribution in [-0.4, -0.2) is 46.0 Å². The molecular formula is C18H26N4O2. The largest absolute Gasteiger partial charge is 0.352 e. The predicted molar refractivity (Wildman–Crippen MR) is 95.0 cm³/mol. The molecular weight excluding hydrogens is 304 g/mol. The van der Waals surface area contributed by atoms with Crippen molar-refractivity contribution in [1.29, 1.82) is 0 Å². The summed E-state index contributed by atoms with van der Waals surface area (Å²) in [6.07, 6.45) is 1.95. The van der Waals surface area contributed by atoms with Gasteiger partial charge in [-0.25, -0.2) is 4.79 Å². The Kier molecular flexibility index (Phi) is 5.04. The molecule has 1 saturated heterocycles. The van der Waals surface area contributed by atoms with Crippen LogP contribution in [0.15, 0.2) is 29.1 Å². The van der Waals surface area contributed by atoms with Gasteiger partial charge in [0.1, 0.15) is 6.54 Å². The van der Waals surface area contributed by atoms with Crippen LogP contribution in [0.1, 0.15) is 26.7 Å². The van der Waals surface area contributed by atoms with Gasteiger partial charge in [-0.1, -0.05) is 26.0 Å². The van der Waals surface area contributed by atoms with Crippen LogP contribution >= 0.6 is 0 Å². The number of piperidine rings is 1. The zero-order chi connectivity index (χ0) is 17.1. The molecule has 1 aromatic heterocycles. The van der Waals surface area contributed by atoms with Gasteiger partial charge in [0.05, 0.1) is 11.0 Å². The lowest BCUT2D eigenvalue weighted by atomic mass is 10.0. The van der Waals surface area contributed by atoms with Crippen molar-refractivity contribution in [2.24, 2.45) is 5.92 Å². The van der Waals surface area contributed by atoms with Crippen LogP contribution in [-0.2, 0) is 11.3 Å². The third kappa shape index (κ3) is 3.87. The maximum atomic E-state index is 12.3. The summed E-state index contributed by atoms with van der Waals surface area (Å²) in [5.74, 6) is 0.578. The van der Waals surface area contributed by atoms with E-state index in [1.807, 2.05) is 24.3 Å². The van der Waals surface area contributed by atoms with Crippen molar-refractivity contribution in [3.8, 4) is 0 Å². The molecule has 0 aliphatic carbocycles. The second-order valence-electron chi connectivity index (χ2n) is 7.07. The molecule has 2 N–H and O–H groups in total. The van der Waals surface area contributed by atoms with Crippen molar-refractivity contribution in [2.45, 2.75) is 39.3 Å². The number of nitrogens with zero attached hydrogens (tertiary/aromatic N) is 2. The van der Waals surface area contributed by atoms with Crippen molar-refractivity contribution in [3.05, 3.63) is 34.7 Å². The lowest BCUT2D eigenvalue weighted by Gasteiger charge is -2.33. The molecule has 3 rings (SSSR count). The Balaban J connectivity index is 1.56. The van der Waals surface area contributed by atoms with Crippen LogP contribution in [0.5, 0.6) is 0 Å². The number of rotatable bonds is 5. The third-order valence-corrected chi connectivity index (χ3v) is 4.56. The van der Waals surface area contributed by atoms with Gasteiger partial charge in [-0.15, -0.1) is 0 Å². The SMILES string of the molecule is CC(C)CN1CCC(NC(=O)Cn2c(=O)[nH]c3ccccc32)CC1. The number of amides is 1. The summed E-state index contributed by atoms with van der Waals surface area (Å²) in [6, 6.07) is 7.64. The number of nitrogens with one attached hydrogen (secondary N) is 2. The van der Waals surface area contributed by atoms with E-state index in [2.05, 4.69) is 29.0 Å². The van der Waals surface area contributed by atoms with E-state index in [-0.39, 0.29) is 24.2 Å². The number of fused-ring (bicyclic) bond motifs is 1. The Hall–Kier alpha value is -2.08. The van der Waals surface area contributed by atoms with Crippen LogP contribution in [0, 0.1) is 5.92 Å². The minimum Gasteiger partial charge on any atom is -0.352 e. The number of likely N-dealkylation sites (tertiary alicyclic amines) is 1. The molecule has 1 aliphatic rings. The Morgan fingerprint density at radius 1 is 1.29 bits per heavy atom. The first-order valence-corrected chi connectivity index (χ1v) is 8.72. The van der Waals surface area contributed by atoms with Gasteiger partial charge in [0, 0.05) is 25.7 Å². The summed E-state index contributed by atoms with van der Waals surface area (Å²) in [5.41, 5.74) is 1.29. The minimum absolute atomic E-state index is 0.0645. The fraction of sp³-hybridized carbons (Fsp3) is 0.556. The average molecular weight is 330 g/mol. The van der Waals surface area contributed by atoms with Gasteiger partial charge >= 0.3 is 5.69 Å². The van der Waals surface area contributed by atoms with Crippen molar-refractivity contribution in [1.82, 2.24) is 19.8 Å². The highest BCUT2D eigenvalue weighted by Gasteiger charge is 2.21. The van der Waals surface area contributed by atoms with E-state index in [1.165, 1.54) is 4.57 Å². The number of carbonyl (C=O) groups is 1. The fourth-order valence-corrected chi connectivity index (χ4v) is 3.46. The summed E-state index contributed by atoms with van der Waals surface area (Å²) in [4.78, 5) is 29.6. The Morgan fingerprint density at radius 3 is 2.71 bits per heavy atom. The third-order valence-electron chi connectivity index (χ3n) is 4.56. The van der Waals surface area contributed by atoms with Crippen molar-refractivity contribution < 1.29 is 4.79 Å². The highest BCUT2D eigenvalue weighted by molar-refractivity contribution is 5.80. The normalized spacial score (nSPS) is 16.8. The molecule has 2 aromatic rings. The summed E-state index contributed by atoms with van der Waals surface area (Å²) >= 11 is 0. The summed E-state index contributed by atoms with van der Waals surface area (Å²) in [7, 11) is 0. The number of aromatic amines is 1. The number of hydrogen-bond acceptors (Lipinski definition) is 3. The summed E-state index contributed by atoms with van der Waals surface area (Å²) in [6.45, 7) is 7.69. The first-order chi connectivity index (χ1) is 11.5. The molecule has 0 spiro atoms. The Morgan fingerprint density at radius 2 is 2.00 bits per heavy atom. The number of aromatic nitrogens is 2. The molecule has 0 saturated carbocycles. The van der Waals surface area contributed by atoms with Gasteiger partial charge in [-0.05, 0) is 30.9 Å². The van der Waals surface area contributed by atoms with E-state index in [9.17, 15) is 9.59 Å². The average Bonchev–Trinajstić information content (AvgIpc) is 2.85. The maximum Gasteiger partial charge on any atom is 0.326 e. The smallest absolute Gasteiger partial charge is 0.326 e. The maximum absolute atomic E-state index is 12.3. The number of imidazole rings is 1. The lowest BCUT2D eigenvalue weighted by molar-refractivity contribution is -0.122. The van der Waals surface area contributed by atoms with E-state index in [4.69, 9.17) is 0 Å². The molecule has 130 valence electrons. The van der Waals surface area contributed by atoms with Gasteiger partial charge in [0.2, 0.25) is 5.91 Å². The molecule has 0 bridgehead atoms. The van der Waals surface area contributed by atoms with Gasteiger partial charge in [0.15, 0.2) is 0 Å². The molecule has 2 heterocycles. The van der Waals surface area contributed by atoms with E-state index in [0.29, 0.717) is 5.92 Å². The van der Waals surface area contributed by atoms with Gasteiger partial charge in [-0.2, -0.15) is 0 Å². The summed E-state index contributed by atoms with van der Waals surface area (Å²) < 4.78 is 1.50. The van der Waals surface area contributed by atoms with E-state index in [0.717, 1.165) is 43.5 Å². The molecule has 1 amide bonds. The van der Waals surface area contributed by atoms with E-state index < -0.39 is 0 Å². The quantitative estimate of drug-likeness (QED) is 0.874. The first-order valence-electron chi connectivity index (χ1n) is 8.72. The van der Waals surface area contributed by atoms with Gasteiger partial charge in [0.25, 0.3) is 0 Å². The molecule has 0 unspecified atom stereocenters. The second kappa shape index (κ2) is 7.21. The van der Waals surface area contributed by atoms with Crippen molar-refractivity contribution >= 4 is 16.9 Å². The zero-order valence-electron chi connectivity index (χ0n) is 14.4. The molecule has 0 radical (unpaired) electrons. The van der Waals surface area contributed by atoms with Crippen LogP contribution in [0.2, 0.25) is 0 Å². The van der Waals surface area contributed by atoms with Crippen molar-refractivity contribution in [3.63, 3.8) is 0 Å². The molecule has 0 atom stereocenters. The van der Waals surface area contributed by atoms with Gasteiger partial charge in [-0.3, -0.25) is 9.36 Å². The lowest BCUT2D eigenvalue weighted by Crippen LogP contribution is -2.46.